The zero-order chi connectivity index (χ0) is 23.1. The Bertz CT molecular complexity index is 1160. The van der Waals surface area contributed by atoms with Gasteiger partial charge in [0.05, 0.1) is 23.4 Å². The van der Waals surface area contributed by atoms with E-state index in [4.69, 9.17) is 4.74 Å². The Morgan fingerprint density at radius 3 is 2.53 bits per heavy atom. The van der Waals surface area contributed by atoms with Crippen molar-refractivity contribution in [1.82, 2.24) is 19.5 Å². The molecule has 0 bridgehead atoms. The van der Waals surface area contributed by atoms with Gasteiger partial charge in [0, 0.05) is 18.7 Å². The molecule has 0 saturated carbocycles. The molecule has 170 valence electrons. The third-order valence-corrected chi connectivity index (χ3v) is 7.53. The zero-order valence-corrected chi connectivity index (χ0v) is 19.7. The average molecular weight is 476 g/mol. The van der Waals surface area contributed by atoms with Crippen LogP contribution in [0.4, 0.5) is 5.69 Å². The number of carbonyl (C=O) groups excluding carboxylic acids is 1. The zero-order valence-electron chi connectivity index (χ0n) is 18.0. The predicted octanol–water partition coefficient (Wildman–Crippen LogP) is 3.24. The van der Waals surface area contributed by atoms with Crippen LogP contribution < -0.4 is 10.1 Å². The second kappa shape index (κ2) is 10.6. The van der Waals surface area contributed by atoms with E-state index in [1.807, 2.05) is 30.3 Å². The number of aromatic amines is 1. The molecule has 2 aromatic carbocycles. The first-order valence-electron chi connectivity index (χ1n) is 9.97. The van der Waals surface area contributed by atoms with Crippen molar-refractivity contribution in [2.24, 2.45) is 0 Å². The fourth-order valence-corrected chi connectivity index (χ4v) is 5.09. The number of sulfonamides is 1. The maximum absolute atomic E-state index is 12.8. The average Bonchev–Trinajstić information content (AvgIpc) is 3.28. The molecule has 0 aliphatic rings. The molecule has 0 atom stereocenters. The second-order valence-corrected chi connectivity index (χ2v) is 9.50. The minimum absolute atomic E-state index is 0.0439. The molecule has 1 heterocycles. The maximum Gasteiger partial charge on any atom is 0.243 e. The largest absolute Gasteiger partial charge is 0.495 e. The summed E-state index contributed by atoms with van der Waals surface area (Å²) in [6.07, 6.45) is 0. The van der Waals surface area contributed by atoms with Gasteiger partial charge < -0.3 is 10.1 Å². The number of H-pyrrole nitrogens is 1. The lowest BCUT2D eigenvalue weighted by Gasteiger charge is -2.19. The van der Waals surface area contributed by atoms with E-state index in [1.165, 1.54) is 41.4 Å². The van der Waals surface area contributed by atoms with Crippen LogP contribution in [0.2, 0.25) is 0 Å². The van der Waals surface area contributed by atoms with Crippen LogP contribution >= 0.6 is 11.8 Å². The van der Waals surface area contributed by atoms with E-state index >= 15 is 0 Å². The van der Waals surface area contributed by atoms with E-state index in [2.05, 4.69) is 20.5 Å². The summed E-state index contributed by atoms with van der Waals surface area (Å²) in [6.45, 7) is 4.25. The van der Waals surface area contributed by atoms with Gasteiger partial charge in [-0.1, -0.05) is 55.9 Å². The molecule has 11 heteroatoms. The van der Waals surface area contributed by atoms with Crippen LogP contribution in [-0.4, -0.2) is 59.8 Å². The second-order valence-electron chi connectivity index (χ2n) is 6.62. The Labute approximate surface area is 191 Å². The first kappa shape index (κ1) is 23.8. The molecule has 0 aliphatic carbocycles. The Hall–Kier alpha value is -2.89. The number of hydrogen-bond acceptors (Lipinski definition) is 7. The molecule has 1 aromatic heterocycles. The van der Waals surface area contributed by atoms with Crippen molar-refractivity contribution in [2.45, 2.75) is 23.9 Å². The van der Waals surface area contributed by atoms with Crippen molar-refractivity contribution in [3.05, 3.63) is 48.5 Å². The van der Waals surface area contributed by atoms with Crippen LogP contribution in [0.15, 0.2) is 58.6 Å². The third kappa shape index (κ3) is 5.47. The van der Waals surface area contributed by atoms with Crippen LogP contribution in [-0.2, 0) is 14.8 Å². The van der Waals surface area contributed by atoms with Gasteiger partial charge in [-0.15, -0.1) is 5.10 Å². The fourth-order valence-electron chi connectivity index (χ4n) is 3.01. The molecule has 3 rings (SSSR count). The van der Waals surface area contributed by atoms with Crippen molar-refractivity contribution in [2.75, 3.05) is 31.3 Å². The van der Waals surface area contributed by atoms with Crippen molar-refractivity contribution in [3.63, 3.8) is 0 Å². The van der Waals surface area contributed by atoms with Gasteiger partial charge in [-0.25, -0.2) is 13.4 Å². The van der Waals surface area contributed by atoms with E-state index < -0.39 is 10.0 Å². The lowest BCUT2D eigenvalue weighted by molar-refractivity contribution is -0.113. The van der Waals surface area contributed by atoms with E-state index in [-0.39, 0.29) is 22.2 Å². The van der Waals surface area contributed by atoms with Gasteiger partial charge in [-0.3, -0.25) is 9.89 Å². The van der Waals surface area contributed by atoms with Gasteiger partial charge in [0.15, 0.2) is 5.82 Å². The summed E-state index contributed by atoms with van der Waals surface area (Å²) < 4.78 is 32.3. The lowest BCUT2D eigenvalue weighted by atomic mass is 10.2. The summed E-state index contributed by atoms with van der Waals surface area (Å²) in [4.78, 5) is 17.0. The Kier molecular flexibility index (Phi) is 7.89. The highest BCUT2D eigenvalue weighted by Crippen LogP contribution is 2.29. The Morgan fingerprint density at radius 2 is 1.88 bits per heavy atom. The smallest absolute Gasteiger partial charge is 0.243 e. The van der Waals surface area contributed by atoms with E-state index in [1.54, 1.807) is 13.8 Å². The predicted molar refractivity (Wildman–Crippen MR) is 124 cm³/mol. The number of benzene rings is 2. The molecule has 0 spiro atoms. The van der Waals surface area contributed by atoms with Crippen LogP contribution in [0.3, 0.4) is 0 Å². The highest BCUT2D eigenvalue weighted by Gasteiger charge is 2.23. The van der Waals surface area contributed by atoms with Gasteiger partial charge >= 0.3 is 0 Å². The molecule has 0 saturated heterocycles. The molecular weight excluding hydrogens is 450 g/mol. The number of hydrogen-bond donors (Lipinski definition) is 2. The number of rotatable bonds is 10. The van der Waals surface area contributed by atoms with Gasteiger partial charge in [0.2, 0.25) is 21.1 Å². The molecule has 3 aromatic rings. The summed E-state index contributed by atoms with van der Waals surface area (Å²) in [5.41, 5.74) is 1.18. The number of methoxy groups -OCH3 is 1. The topological polar surface area (TPSA) is 117 Å². The molecule has 2 N–H and O–H groups in total. The quantitative estimate of drug-likeness (QED) is 0.432. The molecule has 0 fully saturated rings. The first-order chi connectivity index (χ1) is 15.4. The minimum Gasteiger partial charge on any atom is -0.495 e. The van der Waals surface area contributed by atoms with Crippen molar-refractivity contribution in [1.29, 1.82) is 0 Å². The van der Waals surface area contributed by atoms with Gasteiger partial charge in [0.1, 0.15) is 5.75 Å². The number of nitrogens with zero attached hydrogens (tertiary/aromatic N) is 3. The van der Waals surface area contributed by atoms with Gasteiger partial charge in [0.25, 0.3) is 0 Å². The molecule has 9 nitrogen and oxygen atoms in total. The highest BCUT2D eigenvalue weighted by molar-refractivity contribution is 7.99. The van der Waals surface area contributed by atoms with Crippen molar-refractivity contribution in [3.8, 4) is 17.1 Å². The number of amides is 1. The molecule has 0 aliphatic heterocycles. The van der Waals surface area contributed by atoms with Crippen LogP contribution in [0, 0.1) is 0 Å². The summed E-state index contributed by atoms with van der Waals surface area (Å²) in [5.74, 6) is 0.690. The number of aromatic nitrogens is 3. The number of nitrogens with one attached hydrogen (secondary N) is 2. The SMILES string of the molecule is CCN(CC)S(=O)(=O)c1ccc(OC)c(NC(=O)CSc2n[nH]c(-c3ccccc3)n2)c1. The third-order valence-electron chi connectivity index (χ3n) is 4.63. The molecule has 0 unspecified atom stereocenters. The molecule has 1 amide bonds. The van der Waals surface area contributed by atoms with Crippen molar-refractivity contribution < 1.29 is 17.9 Å². The Balaban J connectivity index is 1.70. The number of anilines is 1. The highest BCUT2D eigenvalue weighted by atomic mass is 32.2. The normalized spacial score (nSPS) is 11.5. The van der Waals surface area contributed by atoms with Gasteiger partial charge in [-0.2, -0.15) is 4.31 Å². The minimum atomic E-state index is -3.67. The first-order valence-corrected chi connectivity index (χ1v) is 12.4. The monoisotopic (exact) mass is 475 g/mol. The standard InChI is InChI=1S/C21H25N5O4S2/c1-4-26(5-2)32(28,29)16-11-12-18(30-3)17(13-16)22-19(27)14-31-21-23-20(24-25-21)15-9-7-6-8-10-15/h6-13H,4-5,14H2,1-3H3,(H,22,27)(H,23,24,25). The van der Waals surface area contributed by atoms with E-state index in [0.717, 1.165) is 5.56 Å². The van der Waals surface area contributed by atoms with E-state index in [0.29, 0.717) is 29.8 Å². The fraction of sp³-hybridized carbons (Fsp3) is 0.286. The number of carbonyl (C=O) groups is 1. The summed E-state index contributed by atoms with van der Waals surface area (Å²) in [7, 11) is -2.21. The van der Waals surface area contributed by atoms with Crippen molar-refractivity contribution >= 4 is 33.4 Å². The lowest BCUT2D eigenvalue weighted by Crippen LogP contribution is -2.30. The number of ether oxygens (including phenoxy) is 1. The Morgan fingerprint density at radius 1 is 1.16 bits per heavy atom. The summed E-state index contributed by atoms with van der Waals surface area (Å²) in [5, 5.41) is 10.1. The maximum atomic E-state index is 12.8. The van der Waals surface area contributed by atoms with Crippen LogP contribution in [0.5, 0.6) is 5.75 Å². The van der Waals surface area contributed by atoms with Gasteiger partial charge in [-0.05, 0) is 18.2 Å². The van der Waals surface area contributed by atoms with Crippen LogP contribution in [0.25, 0.3) is 11.4 Å². The molecule has 0 radical (unpaired) electrons. The summed E-state index contributed by atoms with van der Waals surface area (Å²) in [6, 6.07) is 13.9. The molecular formula is C21H25N5O4S2. The number of thioether (sulfide) groups is 1. The van der Waals surface area contributed by atoms with E-state index in [9.17, 15) is 13.2 Å². The molecule has 32 heavy (non-hydrogen) atoms. The summed E-state index contributed by atoms with van der Waals surface area (Å²) >= 11 is 1.17. The van der Waals surface area contributed by atoms with Crippen LogP contribution in [0.1, 0.15) is 13.8 Å².